The molecule has 1 aromatic heterocycles. The number of aliphatic hydroxyl groups is 1. The van der Waals surface area contributed by atoms with Gasteiger partial charge in [0.2, 0.25) is 0 Å². The van der Waals surface area contributed by atoms with Crippen molar-refractivity contribution in [1.82, 2.24) is 14.8 Å². The minimum absolute atomic E-state index is 0.143. The highest BCUT2D eigenvalue weighted by molar-refractivity contribution is 6.30. The Labute approximate surface area is 140 Å². The molecule has 2 rings (SSSR count). The molecule has 0 saturated carbocycles. The van der Waals surface area contributed by atoms with Gasteiger partial charge in [0, 0.05) is 11.4 Å². The first-order valence-corrected chi connectivity index (χ1v) is 7.72. The molecule has 0 spiro atoms. The average molecular weight is 338 g/mol. The van der Waals surface area contributed by atoms with Crippen molar-refractivity contribution in [1.29, 1.82) is 0 Å². The van der Waals surface area contributed by atoms with Crippen LogP contribution in [0.25, 0.3) is 0 Å². The molecule has 0 aliphatic rings. The van der Waals surface area contributed by atoms with E-state index in [1.165, 1.54) is 17.3 Å². The topological polar surface area (TPSA) is 77.2 Å². The normalized spacial score (nSPS) is 14.3. The van der Waals surface area contributed by atoms with Crippen molar-refractivity contribution in [2.45, 2.75) is 44.9 Å². The van der Waals surface area contributed by atoms with Crippen molar-refractivity contribution in [3.8, 4) is 5.75 Å². The molecule has 0 bridgehead atoms. The highest BCUT2D eigenvalue weighted by Gasteiger charge is 2.41. The number of benzene rings is 1. The molecule has 6 nitrogen and oxygen atoms in total. The standard InChI is InChI=1S/C16H20ClN3O3/c1-4-13(21)14(20-10-18-9-19-20)15(22)16(2,3)23-12-7-5-11(17)6-8-12/h5-10,14-15,22H,4H2,1-3H3. The van der Waals surface area contributed by atoms with Gasteiger partial charge in [0.15, 0.2) is 5.78 Å². The summed E-state index contributed by atoms with van der Waals surface area (Å²) in [6.07, 6.45) is 1.92. The second-order valence-corrected chi connectivity index (χ2v) is 6.18. The van der Waals surface area contributed by atoms with Gasteiger partial charge in [-0.15, -0.1) is 0 Å². The Hall–Kier alpha value is -1.92. The van der Waals surface area contributed by atoms with E-state index in [2.05, 4.69) is 10.1 Å². The number of halogens is 1. The highest BCUT2D eigenvalue weighted by atomic mass is 35.5. The minimum Gasteiger partial charge on any atom is -0.485 e. The summed E-state index contributed by atoms with van der Waals surface area (Å²) in [4.78, 5) is 16.1. The smallest absolute Gasteiger partial charge is 0.159 e. The molecule has 23 heavy (non-hydrogen) atoms. The molecule has 1 heterocycles. The van der Waals surface area contributed by atoms with Crippen molar-refractivity contribution in [3.63, 3.8) is 0 Å². The Balaban J connectivity index is 2.24. The van der Waals surface area contributed by atoms with Gasteiger partial charge in [-0.25, -0.2) is 9.67 Å². The van der Waals surface area contributed by atoms with E-state index < -0.39 is 17.7 Å². The van der Waals surface area contributed by atoms with Gasteiger partial charge in [-0.1, -0.05) is 18.5 Å². The summed E-state index contributed by atoms with van der Waals surface area (Å²) in [5.41, 5.74) is -1.02. The van der Waals surface area contributed by atoms with Crippen LogP contribution in [-0.4, -0.2) is 37.4 Å². The van der Waals surface area contributed by atoms with Crippen LogP contribution in [-0.2, 0) is 4.79 Å². The lowest BCUT2D eigenvalue weighted by Crippen LogP contribution is -2.49. The first-order valence-electron chi connectivity index (χ1n) is 7.34. The predicted molar refractivity (Wildman–Crippen MR) is 86.5 cm³/mol. The number of aromatic nitrogens is 3. The van der Waals surface area contributed by atoms with Crippen LogP contribution < -0.4 is 4.74 Å². The van der Waals surface area contributed by atoms with Gasteiger partial charge in [0.05, 0.1) is 0 Å². The van der Waals surface area contributed by atoms with Crippen LogP contribution in [0.3, 0.4) is 0 Å². The number of ether oxygens (including phenoxy) is 1. The lowest BCUT2D eigenvalue weighted by Gasteiger charge is -2.35. The third-order valence-electron chi connectivity index (χ3n) is 3.61. The molecule has 2 atom stereocenters. The Morgan fingerprint density at radius 2 is 2.04 bits per heavy atom. The lowest BCUT2D eigenvalue weighted by molar-refractivity contribution is -0.132. The van der Waals surface area contributed by atoms with Crippen LogP contribution in [0, 0.1) is 0 Å². The lowest BCUT2D eigenvalue weighted by atomic mass is 9.91. The quantitative estimate of drug-likeness (QED) is 0.840. The van der Waals surface area contributed by atoms with E-state index in [9.17, 15) is 9.90 Å². The molecule has 0 aliphatic heterocycles. The zero-order chi connectivity index (χ0) is 17.0. The molecule has 1 aromatic carbocycles. The van der Waals surface area contributed by atoms with Crippen molar-refractivity contribution in [2.24, 2.45) is 0 Å². The summed E-state index contributed by atoms with van der Waals surface area (Å²) in [6, 6.07) is 5.97. The van der Waals surface area contributed by atoms with E-state index in [0.29, 0.717) is 10.8 Å². The Morgan fingerprint density at radius 3 is 2.57 bits per heavy atom. The second-order valence-electron chi connectivity index (χ2n) is 5.74. The van der Waals surface area contributed by atoms with Crippen molar-refractivity contribution < 1.29 is 14.6 Å². The highest BCUT2D eigenvalue weighted by Crippen LogP contribution is 2.28. The molecule has 7 heteroatoms. The van der Waals surface area contributed by atoms with Gasteiger partial charge in [0.25, 0.3) is 0 Å². The number of Topliss-reactive ketones (excluding diaryl/α,β-unsaturated/α-hetero) is 1. The third kappa shape index (κ3) is 4.09. The molecule has 2 aromatic rings. The number of hydrogen-bond donors (Lipinski definition) is 1. The summed E-state index contributed by atoms with van der Waals surface area (Å²) in [5.74, 6) is 0.413. The fourth-order valence-corrected chi connectivity index (χ4v) is 2.41. The maximum absolute atomic E-state index is 12.3. The largest absolute Gasteiger partial charge is 0.485 e. The van der Waals surface area contributed by atoms with E-state index >= 15 is 0 Å². The summed E-state index contributed by atoms with van der Waals surface area (Å²) >= 11 is 5.86. The first-order chi connectivity index (χ1) is 10.8. The molecule has 2 unspecified atom stereocenters. The van der Waals surface area contributed by atoms with Gasteiger partial charge >= 0.3 is 0 Å². The Morgan fingerprint density at radius 1 is 1.39 bits per heavy atom. The van der Waals surface area contributed by atoms with Crippen LogP contribution in [0.15, 0.2) is 36.9 Å². The Kier molecular flexibility index (Phi) is 5.38. The van der Waals surface area contributed by atoms with E-state index in [1.807, 2.05) is 0 Å². The molecule has 0 fully saturated rings. The fourth-order valence-electron chi connectivity index (χ4n) is 2.29. The predicted octanol–water partition coefficient (Wildman–Crippen LogP) is 2.67. The number of carbonyl (C=O) groups is 1. The molecule has 0 saturated heterocycles. The van der Waals surface area contributed by atoms with Crippen molar-refractivity contribution in [2.75, 3.05) is 0 Å². The molecule has 0 amide bonds. The zero-order valence-electron chi connectivity index (χ0n) is 13.3. The molecular formula is C16H20ClN3O3. The average Bonchev–Trinajstić information content (AvgIpc) is 3.03. The SMILES string of the molecule is CCC(=O)C(C(O)C(C)(C)Oc1ccc(Cl)cc1)n1cncn1. The maximum Gasteiger partial charge on any atom is 0.159 e. The van der Waals surface area contributed by atoms with Crippen LogP contribution in [0.1, 0.15) is 33.2 Å². The van der Waals surface area contributed by atoms with Crippen molar-refractivity contribution in [3.05, 3.63) is 41.9 Å². The maximum atomic E-state index is 12.3. The van der Waals surface area contributed by atoms with Gasteiger partial charge in [-0.3, -0.25) is 4.79 Å². The molecule has 1 N–H and O–H groups in total. The number of aliphatic hydroxyl groups excluding tert-OH is 1. The summed E-state index contributed by atoms with van der Waals surface area (Å²) < 4.78 is 7.23. The van der Waals surface area contributed by atoms with Crippen LogP contribution >= 0.6 is 11.6 Å². The van der Waals surface area contributed by atoms with Crippen LogP contribution in [0.2, 0.25) is 5.02 Å². The van der Waals surface area contributed by atoms with Gasteiger partial charge in [0.1, 0.15) is 36.2 Å². The first kappa shape index (κ1) is 17.4. The van der Waals surface area contributed by atoms with E-state index in [4.69, 9.17) is 16.3 Å². The monoisotopic (exact) mass is 337 g/mol. The number of rotatable bonds is 7. The number of ketones is 1. The second kappa shape index (κ2) is 7.10. The van der Waals surface area contributed by atoms with E-state index in [-0.39, 0.29) is 12.2 Å². The van der Waals surface area contributed by atoms with Crippen molar-refractivity contribution >= 4 is 17.4 Å². The summed E-state index contributed by atoms with van der Waals surface area (Å²) in [5, 5.41) is 15.4. The molecule has 0 aliphatic carbocycles. The molecule has 124 valence electrons. The molecule has 0 radical (unpaired) electrons. The summed E-state index contributed by atoms with van der Waals surface area (Å²) in [7, 11) is 0. The van der Waals surface area contributed by atoms with Crippen LogP contribution in [0.5, 0.6) is 5.75 Å². The molecular weight excluding hydrogens is 318 g/mol. The van der Waals surface area contributed by atoms with Gasteiger partial charge in [-0.2, -0.15) is 5.10 Å². The number of hydrogen-bond acceptors (Lipinski definition) is 5. The third-order valence-corrected chi connectivity index (χ3v) is 3.86. The number of carbonyl (C=O) groups excluding carboxylic acids is 1. The van der Waals surface area contributed by atoms with Gasteiger partial charge < -0.3 is 9.84 Å². The van der Waals surface area contributed by atoms with Gasteiger partial charge in [-0.05, 0) is 38.1 Å². The van der Waals surface area contributed by atoms with E-state index in [0.717, 1.165) is 0 Å². The van der Waals surface area contributed by atoms with Crippen LogP contribution in [0.4, 0.5) is 0 Å². The fraction of sp³-hybridized carbons (Fsp3) is 0.438. The number of nitrogens with zero attached hydrogens (tertiary/aromatic N) is 3. The minimum atomic E-state index is -1.10. The Bertz CT molecular complexity index is 641. The zero-order valence-corrected chi connectivity index (χ0v) is 14.1. The summed E-state index contributed by atoms with van der Waals surface area (Å²) in [6.45, 7) is 5.18. The van der Waals surface area contributed by atoms with E-state index in [1.54, 1.807) is 45.0 Å².